The van der Waals surface area contributed by atoms with E-state index in [2.05, 4.69) is 22.1 Å². The molecule has 0 radical (unpaired) electrons. The first-order valence-electron chi connectivity index (χ1n) is 7.46. The number of carbonyl (C=O) groups is 1. The molecule has 112 valence electrons. The zero-order valence-corrected chi connectivity index (χ0v) is 12.2. The van der Waals surface area contributed by atoms with Gasteiger partial charge in [-0.1, -0.05) is 17.7 Å². The normalized spacial score (nSPS) is 18.0. The summed E-state index contributed by atoms with van der Waals surface area (Å²) in [5, 5.41) is 17.6. The first-order valence-corrected chi connectivity index (χ1v) is 7.46. The molecule has 1 N–H and O–H groups in total. The molecular weight excluding hydrogens is 268 g/mol. The second-order valence-corrected chi connectivity index (χ2v) is 5.72. The van der Waals surface area contributed by atoms with Crippen LogP contribution in [0, 0.1) is 0 Å². The summed E-state index contributed by atoms with van der Waals surface area (Å²) in [6.45, 7) is 5.18. The summed E-state index contributed by atoms with van der Waals surface area (Å²) >= 11 is 0. The van der Waals surface area contributed by atoms with Gasteiger partial charge in [-0.25, -0.2) is 9.48 Å². The molecule has 0 aliphatic carbocycles. The second-order valence-electron chi connectivity index (χ2n) is 5.72. The lowest BCUT2D eigenvalue weighted by Crippen LogP contribution is -2.34. The van der Waals surface area contributed by atoms with Gasteiger partial charge in [-0.05, 0) is 45.0 Å². The molecule has 0 amide bonds. The molecule has 0 spiro atoms. The second kappa shape index (κ2) is 5.81. The van der Waals surface area contributed by atoms with Gasteiger partial charge in [-0.3, -0.25) is 0 Å². The van der Waals surface area contributed by atoms with Crippen LogP contribution in [0.5, 0.6) is 0 Å². The third-order valence-corrected chi connectivity index (χ3v) is 4.11. The Hall–Kier alpha value is -1.95. The minimum atomic E-state index is -0.936. The Morgan fingerprint density at radius 1 is 1.33 bits per heavy atom. The number of hydrogen-bond donors (Lipinski definition) is 1. The van der Waals surface area contributed by atoms with E-state index in [9.17, 15) is 9.90 Å². The average molecular weight is 288 g/mol. The van der Waals surface area contributed by atoms with E-state index < -0.39 is 5.97 Å². The fourth-order valence-corrected chi connectivity index (χ4v) is 3.07. The molecule has 1 saturated heterocycles. The predicted molar refractivity (Wildman–Crippen MR) is 79.5 cm³/mol. The van der Waals surface area contributed by atoms with Crippen molar-refractivity contribution in [2.24, 2.45) is 0 Å². The number of hydrogen-bond acceptors (Lipinski definition) is 4. The van der Waals surface area contributed by atoms with Gasteiger partial charge < -0.3 is 10.0 Å². The number of likely N-dealkylation sites (tertiary alicyclic amines) is 1. The first-order chi connectivity index (χ1) is 10.2. The average Bonchev–Trinajstić information content (AvgIpc) is 2.92. The summed E-state index contributed by atoms with van der Waals surface area (Å²) in [5.41, 5.74) is 1.53. The van der Waals surface area contributed by atoms with Crippen LogP contribution in [-0.2, 0) is 0 Å². The van der Waals surface area contributed by atoms with Crippen molar-refractivity contribution in [1.29, 1.82) is 0 Å². The Labute approximate surface area is 123 Å². The topological polar surface area (TPSA) is 71.2 Å². The fourth-order valence-electron chi connectivity index (χ4n) is 3.07. The number of piperidine rings is 1. The molecule has 1 aliphatic heterocycles. The summed E-state index contributed by atoms with van der Waals surface area (Å²) in [6.07, 6.45) is 3.79. The van der Waals surface area contributed by atoms with Gasteiger partial charge in [0.25, 0.3) is 0 Å². The monoisotopic (exact) mass is 288 g/mol. The molecule has 1 atom stereocenters. The number of para-hydroxylation sites is 1. The molecule has 2 aromatic rings. The molecule has 1 fully saturated rings. The zero-order chi connectivity index (χ0) is 14.8. The third-order valence-electron chi connectivity index (χ3n) is 4.11. The number of aromatic carboxylic acids is 1. The molecule has 21 heavy (non-hydrogen) atoms. The van der Waals surface area contributed by atoms with Crippen LogP contribution in [0.2, 0.25) is 0 Å². The van der Waals surface area contributed by atoms with Gasteiger partial charge in [-0.2, -0.15) is 0 Å². The van der Waals surface area contributed by atoms with E-state index in [1.165, 1.54) is 19.3 Å². The van der Waals surface area contributed by atoms with E-state index in [0.29, 0.717) is 11.0 Å². The summed E-state index contributed by atoms with van der Waals surface area (Å²) < 4.78 is 1.76. The van der Waals surface area contributed by atoms with Gasteiger partial charge in [0.2, 0.25) is 0 Å². The number of carboxylic acids is 1. The smallest absolute Gasteiger partial charge is 0.337 e. The molecular formula is C15H20N4O2. The maximum Gasteiger partial charge on any atom is 0.337 e. The molecule has 0 bridgehead atoms. The molecule has 1 unspecified atom stereocenters. The van der Waals surface area contributed by atoms with E-state index >= 15 is 0 Å². The molecule has 0 saturated carbocycles. The standard InChI is InChI=1S/C15H20N4O2/c1-11(10-18-8-3-2-4-9-18)19-14-12(15(20)21)6-5-7-13(14)16-17-19/h5-7,11H,2-4,8-10H2,1H3,(H,20,21). The summed E-state index contributed by atoms with van der Waals surface area (Å²) in [6, 6.07) is 5.23. The highest BCUT2D eigenvalue weighted by molar-refractivity contribution is 6.00. The quantitative estimate of drug-likeness (QED) is 0.933. The van der Waals surface area contributed by atoms with E-state index in [1.54, 1.807) is 22.9 Å². The van der Waals surface area contributed by atoms with Crippen LogP contribution >= 0.6 is 0 Å². The van der Waals surface area contributed by atoms with Crippen molar-refractivity contribution in [3.63, 3.8) is 0 Å². The van der Waals surface area contributed by atoms with Gasteiger partial charge in [-0.15, -0.1) is 5.10 Å². The Kier molecular flexibility index (Phi) is 3.88. The van der Waals surface area contributed by atoms with Gasteiger partial charge in [0, 0.05) is 6.54 Å². The van der Waals surface area contributed by atoms with Crippen LogP contribution in [0.1, 0.15) is 42.6 Å². The Balaban J connectivity index is 1.90. The van der Waals surface area contributed by atoms with E-state index in [4.69, 9.17) is 0 Å². The van der Waals surface area contributed by atoms with Crippen molar-refractivity contribution in [2.75, 3.05) is 19.6 Å². The van der Waals surface area contributed by atoms with Crippen molar-refractivity contribution in [2.45, 2.75) is 32.2 Å². The molecule has 1 aromatic heterocycles. The molecule has 2 heterocycles. The number of benzene rings is 1. The Bertz CT molecular complexity index is 646. The number of aromatic nitrogens is 3. The molecule has 1 aromatic carbocycles. The van der Waals surface area contributed by atoms with Crippen molar-refractivity contribution in [3.8, 4) is 0 Å². The first kappa shape index (κ1) is 14.0. The SMILES string of the molecule is CC(CN1CCCCC1)n1nnc2cccc(C(=O)O)c21. The largest absolute Gasteiger partial charge is 0.478 e. The van der Waals surface area contributed by atoms with Gasteiger partial charge in [0.15, 0.2) is 0 Å². The van der Waals surface area contributed by atoms with Crippen LogP contribution in [0.15, 0.2) is 18.2 Å². The lowest BCUT2D eigenvalue weighted by atomic mass is 10.1. The number of carboxylic acid groups (broad SMARTS) is 1. The van der Waals surface area contributed by atoms with Crippen molar-refractivity contribution < 1.29 is 9.90 Å². The maximum absolute atomic E-state index is 11.4. The minimum absolute atomic E-state index is 0.105. The summed E-state index contributed by atoms with van der Waals surface area (Å²) in [7, 11) is 0. The van der Waals surface area contributed by atoms with Gasteiger partial charge in [0.05, 0.1) is 11.6 Å². The Morgan fingerprint density at radius 2 is 2.10 bits per heavy atom. The highest BCUT2D eigenvalue weighted by atomic mass is 16.4. The fraction of sp³-hybridized carbons (Fsp3) is 0.533. The van der Waals surface area contributed by atoms with Crippen molar-refractivity contribution in [3.05, 3.63) is 23.8 Å². The maximum atomic E-state index is 11.4. The lowest BCUT2D eigenvalue weighted by molar-refractivity contribution is 0.0698. The third kappa shape index (κ3) is 2.76. The Morgan fingerprint density at radius 3 is 2.81 bits per heavy atom. The highest BCUT2D eigenvalue weighted by Crippen LogP contribution is 2.21. The highest BCUT2D eigenvalue weighted by Gasteiger charge is 2.20. The summed E-state index contributed by atoms with van der Waals surface area (Å²) in [4.78, 5) is 13.8. The molecule has 6 heteroatoms. The van der Waals surface area contributed by atoms with E-state index in [1.807, 2.05) is 0 Å². The van der Waals surface area contributed by atoms with Crippen LogP contribution in [-0.4, -0.2) is 50.6 Å². The predicted octanol–water partition coefficient (Wildman–Crippen LogP) is 2.18. The van der Waals surface area contributed by atoms with E-state index in [-0.39, 0.29) is 11.6 Å². The minimum Gasteiger partial charge on any atom is -0.478 e. The van der Waals surface area contributed by atoms with Crippen LogP contribution in [0.3, 0.4) is 0 Å². The van der Waals surface area contributed by atoms with Gasteiger partial charge >= 0.3 is 5.97 Å². The van der Waals surface area contributed by atoms with E-state index in [0.717, 1.165) is 19.6 Å². The molecule has 1 aliphatic rings. The van der Waals surface area contributed by atoms with Crippen LogP contribution in [0.25, 0.3) is 11.0 Å². The van der Waals surface area contributed by atoms with Crippen LogP contribution < -0.4 is 0 Å². The summed E-state index contributed by atoms with van der Waals surface area (Å²) in [5.74, 6) is -0.936. The van der Waals surface area contributed by atoms with Crippen LogP contribution in [0.4, 0.5) is 0 Å². The van der Waals surface area contributed by atoms with Crippen molar-refractivity contribution in [1.82, 2.24) is 19.9 Å². The zero-order valence-electron chi connectivity index (χ0n) is 12.2. The number of nitrogens with zero attached hydrogens (tertiary/aromatic N) is 4. The lowest BCUT2D eigenvalue weighted by Gasteiger charge is -2.29. The van der Waals surface area contributed by atoms with Crippen molar-refractivity contribution >= 4 is 17.0 Å². The number of fused-ring (bicyclic) bond motifs is 1. The van der Waals surface area contributed by atoms with Gasteiger partial charge in [0.1, 0.15) is 11.0 Å². The molecule has 6 nitrogen and oxygen atoms in total. The number of rotatable bonds is 4. The molecule has 3 rings (SSSR count).